The minimum atomic E-state index is -4.84. The molecule has 0 rings (SSSR count). The van der Waals surface area contributed by atoms with Crippen molar-refractivity contribution in [3.05, 3.63) is 24.3 Å². The van der Waals surface area contributed by atoms with Crippen molar-refractivity contribution < 1.29 is 50.3 Å². The molecule has 0 saturated heterocycles. The maximum atomic E-state index is 12.7. The van der Waals surface area contributed by atoms with Gasteiger partial charge < -0.3 is 18.9 Å². The van der Waals surface area contributed by atoms with Gasteiger partial charge in [-0.15, -0.1) is 0 Å². The Morgan fingerprint density at radius 3 is 1.62 bits per heavy atom. The van der Waals surface area contributed by atoms with Gasteiger partial charge in [0.2, 0.25) is 0 Å². The Balaban J connectivity index is 4.77. The molecule has 312 valence electrons. The molecule has 0 heterocycles. The van der Waals surface area contributed by atoms with Crippen molar-refractivity contribution in [1.82, 2.24) is 0 Å². The molecule has 0 bridgehead atoms. The minimum absolute atomic E-state index is 0.113. The zero-order chi connectivity index (χ0) is 44.3. The Kier molecular flexibility index (Phi) is 28.1. The molecule has 0 aromatic heterocycles. The first-order chi connectivity index (χ1) is 28.0. The standard InChI is InChI=1S/C43H82NO8P/c1-6-8-10-12-14-16-18-20-22-24-26-28-30-32-34-36-43(46)52-41(40-51-53(47,48)50-38-37-44(3,4)5)39-49-42(45)35-33-31-29-27-25-23-21-19-17-15-13-11-9-7-2/h14,16,20,22,41H,6-13,15,17-19,21,23-40H2,1-5H3/p+1/b16-14+,22-20+/i3D3,4D3. The van der Waals surface area contributed by atoms with Crippen LogP contribution in [0.25, 0.3) is 0 Å². The monoisotopic (exact) mass is 779 g/mol. The van der Waals surface area contributed by atoms with Crippen molar-refractivity contribution in [1.29, 1.82) is 0 Å². The second-order valence-corrected chi connectivity index (χ2v) is 16.1. The molecule has 0 radical (unpaired) electrons. The third-order valence-corrected chi connectivity index (χ3v) is 10.00. The lowest BCUT2D eigenvalue weighted by atomic mass is 10.0. The van der Waals surface area contributed by atoms with E-state index in [1.807, 2.05) is 0 Å². The number of phosphoric acid groups is 1. The summed E-state index contributed by atoms with van der Waals surface area (Å²) in [6, 6.07) is 0. The van der Waals surface area contributed by atoms with E-state index in [0.717, 1.165) is 71.3 Å². The highest BCUT2D eigenvalue weighted by molar-refractivity contribution is 7.47. The summed E-state index contributed by atoms with van der Waals surface area (Å²) in [5.74, 6) is -1.04. The summed E-state index contributed by atoms with van der Waals surface area (Å²) in [7, 11) is -3.85. The number of rotatable bonds is 39. The van der Waals surface area contributed by atoms with E-state index < -0.39 is 70.7 Å². The summed E-state index contributed by atoms with van der Waals surface area (Å²) in [6.07, 6.45) is 36.1. The number of hydrogen-bond donors (Lipinski definition) is 1. The summed E-state index contributed by atoms with van der Waals surface area (Å²) in [5, 5.41) is 0. The van der Waals surface area contributed by atoms with E-state index in [4.69, 9.17) is 26.7 Å². The van der Waals surface area contributed by atoms with Gasteiger partial charge in [0.05, 0.1) is 35.8 Å². The first-order valence-corrected chi connectivity index (χ1v) is 22.6. The molecular weight excluding hydrogens is 689 g/mol. The number of unbranched alkanes of at least 4 members (excludes halogenated alkanes) is 21. The van der Waals surface area contributed by atoms with Gasteiger partial charge >= 0.3 is 19.8 Å². The van der Waals surface area contributed by atoms with E-state index in [2.05, 4.69) is 38.2 Å². The van der Waals surface area contributed by atoms with E-state index in [1.165, 1.54) is 83.5 Å². The number of nitrogens with zero attached hydrogens (tertiary/aromatic N) is 1. The number of phosphoric ester groups is 1. The molecule has 0 amide bonds. The zero-order valence-corrected chi connectivity index (χ0v) is 34.9. The first-order valence-electron chi connectivity index (χ1n) is 24.1. The molecule has 9 nitrogen and oxygen atoms in total. The van der Waals surface area contributed by atoms with Crippen molar-refractivity contribution in [2.45, 2.75) is 193 Å². The van der Waals surface area contributed by atoms with Crippen LogP contribution in [0.2, 0.25) is 0 Å². The molecule has 1 N–H and O–H groups in total. The van der Waals surface area contributed by atoms with Gasteiger partial charge in [0.1, 0.15) is 19.8 Å². The normalized spacial score (nSPS) is 16.0. The number of ether oxygens (including phenoxy) is 2. The Labute approximate surface area is 334 Å². The van der Waals surface area contributed by atoms with E-state index >= 15 is 0 Å². The van der Waals surface area contributed by atoms with Crippen LogP contribution in [-0.4, -0.2) is 74.8 Å². The molecule has 0 aliphatic heterocycles. The van der Waals surface area contributed by atoms with Crippen LogP contribution in [0.3, 0.4) is 0 Å². The summed E-state index contributed by atoms with van der Waals surface area (Å²) in [5.41, 5.74) is 0. The van der Waals surface area contributed by atoms with Gasteiger partial charge in [-0.25, -0.2) is 4.57 Å². The summed E-state index contributed by atoms with van der Waals surface area (Å²) in [6.45, 7) is -3.84. The molecule has 0 spiro atoms. The molecular formula is C43H83NO8P+. The van der Waals surface area contributed by atoms with Crippen LogP contribution in [0, 0.1) is 0 Å². The molecule has 0 fully saturated rings. The van der Waals surface area contributed by atoms with Crippen molar-refractivity contribution in [3.63, 3.8) is 0 Å². The topological polar surface area (TPSA) is 108 Å². The minimum Gasteiger partial charge on any atom is -0.462 e. The lowest BCUT2D eigenvalue weighted by Gasteiger charge is -2.24. The lowest BCUT2D eigenvalue weighted by molar-refractivity contribution is -0.870. The van der Waals surface area contributed by atoms with E-state index in [-0.39, 0.29) is 12.8 Å². The largest absolute Gasteiger partial charge is 0.472 e. The van der Waals surface area contributed by atoms with Gasteiger partial charge in [-0.1, -0.05) is 154 Å². The Morgan fingerprint density at radius 1 is 0.642 bits per heavy atom. The van der Waals surface area contributed by atoms with Crippen LogP contribution in [-0.2, 0) is 32.7 Å². The number of carbonyl (C=O) groups is 2. The highest BCUT2D eigenvalue weighted by Crippen LogP contribution is 2.43. The van der Waals surface area contributed by atoms with Gasteiger partial charge in [-0.2, -0.15) is 0 Å². The fraction of sp³-hybridized carbons (Fsp3) is 0.860. The predicted molar refractivity (Wildman–Crippen MR) is 220 cm³/mol. The fourth-order valence-electron chi connectivity index (χ4n) is 5.72. The Hall–Kier alpha value is -1.51. The molecule has 0 aromatic carbocycles. The van der Waals surface area contributed by atoms with E-state index in [0.29, 0.717) is 12.8 Å². The SMILES string of the molecule is [2H]C([2H])([2H])[N+](C)(CCOP(=O)(O)OCC(COC(=O)CCCCCCCCCCCCCCCC)OC(=O)CCCCCCC/C=C/C/C=C/CCCCC)C([2H])([2H])[2H]. The third kappa shape index (κ3) is 40.0. The van der Waals surface area contributed by atoms with Crippen molar-refractivity contribution >= 4 is 19.8 Å². The molecule has 53 heavy (non-hydrogen) atoms. The number of hydrogen-bond acceptors (Lipinski definition) is 7. The maximum Gasteiger partial charge on any atom is 0.472 e. The van der Waals surface area contributed by atoms with E-state index in [1.54, 1.807) is 0 Å². The van der Waals surface area contributed by atoms with Crippen molar-refractivity contribution in [2.24, 2.45) is 0 Å². The first kappa shape index (κ1) is 41.1. The average molecular weight is 779 g/mol. The van der Waals surface area contributed by atoms with Gasteiger partial charge in [0, 0.05) is 12.8 Å². The van der Waals surface area contributed by atoms with Crippen molar-refractivity contribution in [3.8, 4) is 0 Å². The summed E-state index contributed by atoms with van der Waals surface area (Å²) >= 11 is 0. The number of likely N-dealkylation sites (N-methyl/N-ethyl adjacent to an activating group) is 1. The molecule has 0 aliphatic rings. The zero-order valence-electron chi connectivity index (χ0n) is 40.0. The van der Waals surface area contributed by atoms with Gasteiger partial charge in [0.25, 0.3) is 0 Å². The quantitative estimate of drug-likeness (QED) is 0.0216. The second-order valence-electron chi connectivity index (χ2n) is 14.6. The molecule has 10 heteroatoms. The number of allylic oxidation sites excluding steroid dienone is 4. The number of carbonyl (C=O) groups excluding carboxylic acids is 2. The van der Waals surface area contributed by atoms with E-state index in [9.17, 15) is 19.0 Å². The number of esters is 2. The second kappa shape index (κ2) is 36.1. The van der Waals surface area contributed by atoms with Gasteiger partial charge in [0.15, 0.2) is 6.10 Å². The fourth-order valence-corrected chi connectivity index (χ4v) is 6.46. The Morgan fingerprint density at radius 2 is 1.09 bits per heavy atom. The smallest absolute Gasteiger partial charge is 0.462 e. The lowest BCUT2D eigenvalue weighted by Crippen LogP contribution is -2.37. The molecule has 2 unspecified atom stereocenters. The van der Waals surface area contributed by atoms with Crippen LogP contribution in [0.4, 0.5) is 0 Å². The van der Waals surface area contributed by atoms with Crippen LogP contribution >= 0.6 is 7.82 Å². The van der Waals surface area contributed by atoms with Crippen molar-refractivity contribution in [2.75, 3.05) is 47.4 Å². The summed E-state index contributed by atoms with van der Waals surface area (Å²) in [4.78, 5) is 35.6. The molecule has 0 saturated carbocycles. The van der Waals surface area contributed by atoms with Crippen LogP contribution in [0.5, 0.6) is 0 Å². The summed E-state index contributed by atoms with van der Waals surface area (Å²) < 4.78 is 78.1. The van der Waals surface area contributed by atoms with Crippen LogP contribution in [0.15, 0.2) is 24.3 Å². The average Bonchev–Trinajstić information content (AvgIpc) is 3.16. The predicted octanol–water partition coefficient (Wildman–Crippen LogP) is 12.0. The van der Waals surface area contributed by atoms with Crippen LogP contribution in [0.1, 0.15) is 195 Å². The number of quaternary nitrogens is 1. The van der Waals surface area contributed by atoms with Crippen LogP contribution < -0.4 is 0 Å². The van der Waals surface area contributed by atoms with Gasteiger partial charge in [-0.05, 0) is 44.9 Å². The molecule has 2 atom stereocenters. The molecule has 0 aliphatic carbocycles. The molecule has 0 aromatic rings. The maximum absolute atomic E-state index is 12.7. The Bertz CT molecular complexity index is 1150. The highest BCUT2D eigenvalue weighted by Gasteiger charge is 2.27. The highest BCUT2D eigenvalue weighted by atomic mass is 31.2. The van der Waals surface area contributed by atoms with Gasteiger partial charge in [-0.3, -0.25) is 18.6 Å². The third-order valence-electron chi connectivity index (χ3n) is 9.01.